The maximum Gasteiger partial charge on any atom is 0.256 e. The third kappa shape index (κ3) is 2.56. The van der Waals surface area contributed by atoms with Crippen LogP contribution in [-0.2, 0) is 9.59 Å². The number of nitrogens with two attached hydrogens (primary N) is 1. The molecular weight excluding hydrogens is 266 g/mol. The van der Waals surface area contributed by atoms with E-state index in [0.29, 0.717) is 0 Å². The molecule has 5 nitrogen and oxygen atoms in total. The highest BCUT2D eigenvalue weighted by Gasteiger charge is 2.55. The van der Waals surface area contributed by atoms with Gasteiger partial charge in [0.15, 0.2) is 0 Å². The van der Waals surface area contributed by atoms with E-state index in [4.69, 9.17) is 5.84 Å². The van der Waals surface area contributed by atoms with Crippen molar-refractivity contribution in [2.24, 2.45) is 34.9 Å². The minimum Gasteiger partial charge on any atom is -0.344 e. The number of amides is 2. The summed E-state index contributed by atoms with van der Waals surface area (Å²) >= 11 is 0. The first kappa shape index (κ1) is 14.8. The van der Waals surface area contributed by atoms with Crippen molar-refractivity contribution >= 4 is 11.8 Å². The average Bonchev–Trinajstić information content (AvgIpc) is 2.41. The zero-order valence-corrected chi connectivity index (χ0v) is 13.0. The number of hydrogen-bond acceptors (Lipinski definition) is 3. The van der Waals surface area contributed by atoms with E-state index < -0.39 is 6.04 Å². The molecule has 0 radical (unpaired) electrons. The molecule has 4 aliphatic carbocycles. The van der Waals surface area contributed by atoms with E-state index in [0.717, 1.165) is 37.0 Å². The van der Waals surface area contributed by atoms with E-state index in [1.807, 2.05) is 13.8 Å². The number of rotatable bonds is 4. The van der Waals surface area contributed by atoms with Crippen molar-refractivity contribution < 1.29 is 9.59 Å². The van der Waals surface area contributed by atoms with Crippen LogP contribution in [0.3, 0.4) is 0 Å². The fraction of sp³-hybridized carbons (Fsp3) is 0.875. The molecular formula is C16H27N3O2. The van der Waals surface area contributed by atoms with Crippen LogP contribution in [0.2, 0.25) is 0 Å². The Morgan fingerprint density at radius 3 is 1.90 bits per heavy atom. The molecule has 5 heteroatoms. The normalized spacial score (nSPS) is 38.4. The summed E-state index contributed by atoms with van der Waals surface area (Å²) in [6.07, 6.45) is 6.97. The molecule has 21 heavy (non-hydrogen) atoms. The molecule has 0 aromatic carbocycles. The maximum atomic E-state index is 12.9. The quantitative estimate of drug-likeness (QED) is 0.415. The van der Waals surface area contributed by atoms with E-state index in [-0.39, 0.29) is 23.1 Å². The molecule has 4 bridgehead atoms. The number of hydrazine groups is 1. The molecule has 0 saturated heterocycles. The summed E-state index contributed by atoms with van der Waals surface area (Å²) in [6, 6.07) is -0.532. The van der Waals surface area contributed by atoms with Crippen molar-refractivity contribution in [3.05, 3.63) is 0 Å². The van der Waals surface area contributed by atoms with Crippen LogP contribution in [0.15, 0.2) is 0 Å². The SMILES string of the molecule is CC(C)C(NC(=O)C12CC3CC(CC(C3)C1)C2)C(=O)NN. The first-order valence-electron chi connectivity index (χ1n) is 8.25. The summed E-state index contributed by atoms with van der Waals surface area (Å²) in [5.41, 5.74) is 1.96. The predicted molar refractivity (Wildman–Crippen MR) is 79.7 cm³/mol. The van der Waals surface area contributed by atoms with Crippen LogP contribution in [0.25, 0.3) is 0 Å². The molecule has 4 fully saturated rings. The van der Waals surface area contributed by atoms with E-state index >= 15 is 0 Å². The first-order valence-corrected chi connectivity index (χ1v) is 8.25. The second-order valence-corrected chi connectivity index (χ2v) is 7.90. The Hall–Kier alpha value is -1.10. The lowest BCUT2D eigenvalue weighted by atomic mass is 9.49. The summed E-state index contributed by atoms with van der Waals surface area (Å²) in [4.78, 5) is 24.8. The minimum absolute atomic E-state index is 0.0337. The summed E-state index contributed by atoms with van der Waals surface area (Å²) in [5, 5.41) is 2.99. The Morgan fingerprint density at radius 2 is 1.52 bits per heavy atom. The van der Waals surface area contributed by atoms with Crippen molar-refractivity contribution in [2.45, 2.75) is 58.4 Å². The van der Waals surface area contributed by atoms with Crippen LogP contribution in [0, 0.1) is 29.1 Å². The van der Waals surface area contributed by atoms with E-state index in [9.17, 15) is 9.59 Å². The molecule has 0 aliphatic heterocycles. The molecule has 4 rings (SSSR count). The van der Waals surface area contributed by atoms with E-state index in [2.05, 4.69) is 10.7 Å². The third-order valence-electron chi connectivity index (χ3n) is 5.90. The van der Waals surface area contributed by atoms with Gasteiger partial charge in [0, 0.05) is 5.41 Å². The molecule has 4 saturated carbocycles. The molecule has 1 unspecified atom stereocenters. The predicted octanol–water partition coefficient (Wildman–Crippen LogP) is 1.33. The van der Waals surface area contributed by atoms with Gasteiger partial charge in [-0.15, -0.1) is 0 Å². The van der Waals surface area contributed by atoms with Crippen LogP contribution < -0.4 is 16.6 Å². The van der Waals surface area contributed by atoms with Gasteiger partial charge in [-0.25, -0.2) is 5.84 Å². The van der Waals surface area contributed by atoms with E-state index in [1.165, 1.54) is 19.3 Å². The van der Waals surface area contributed by atoms with Crippen LogP contribution in [0.5, 0.6) is 0 Å². The Bertz CT molecular complexity index is 412. The minimum atomic E-state index is -0.532. The monoisotopic (exact) mass is 293 g/mol. The van der Waals surface area contributed by atoms with Crippen LogP contribution in [-0.4, -0.2) is 17.9 Å². The van der Waals surface area contributed by atoms with Crippen molar-refractivity contribution in [1.82, 2.24) is 10.7 Å². The number of carbonyl (C=O) groups excluding carboxylic acids is 2. The lowest BCUT2D eigenvalue weighted by Gasteiger charge is -2.55. The fourth-order valence-electron chi connectivity index (χ4n) is 5.31. The van der Waals surface area contributed by atoms with Crippen LogP contribution >= 0.6 is 0 Å². The zero-order valence-electron chi connectivity index (χ0n) is 13.0. The summed E-state index contributed by atoms with van der Waals surface area (Å²) < 4.78 is 0. The molecule has 118 valence electrons. The van der Waals surface area contributed by atoms with Gasteiger partial charge < -0.3 is 5.32 Å². The number of carbonyl (C=O) groups is 2. The van der Waals surface area contributed by atoms with Crippen LogP contribution in [0.4, 0.5) is 0 Å². The highest BCUT2D eigenvalue weighted by atomic mass is 16.2. The molecule has 4 aliphatic rings. The third-order valence-corrected chi connectivity index (χ3v) is 5.90. The second-order valence-electron chi connectivity index (χ2n) is 7.90. The van der Waals surface area contributed by atoms with Crippen LogP contribution in [0.1, 0.15) is 52.4 Å². The Balaban J connectivity index is 1.74. The van der Waals surface area contributed by atoms with Gasteiger partial charge in [0.25, 0.3) is 5.91 Å². The summed E-state index contributed by atoms with van der Waals surface area (Å²) in [5.74, 6) is 7.23. The topological polar surface area (TPSA) is 84.2 Å². The number of nitrogens with one attached hydrogen (secondary N) is 2. The Morgan fingerprint density at radius 1 is 1.05 bits per heavy atom. The standard InChI is InChI=1S/C16H27N3O2/c1-9(2)13(14(20)19-17)18-15(21)16-6-10-3-11(7-16)5-12(4-10)8-16/h9-13H,3-8,17H2,1-2H3,(H,18,21)(H,19,20). The maximum absolute atomic E-state index is 12.9. The average molecular weight is 293 g/mol. The van der Waals surface area contributed by atoms with Gasteiger partial charge in [-0.2, -0.15) is 0 Å². The second kappa shape index (κ2) is 5.27. The van der Waals surface area contributed by atoms with Gasteiger partial charge in [0.05, 0.1) is 0 Å². The van der Waals surface area contributed by atoms with E-state index in [1.54, 1.807) is 0 Å². The summed E-state index contributed by atoms with van der Waals surface area (Å²) in [6.45, 7) is 3.86. The van der Waals surface area contributed by atoms with Gasteiger partial charge in [-0.3, -0.25) is 15.0 Å². The van der Waals surface area contributed by atoms with Gasteiger partial charge in [0.2, 0.25) is 5.91 Å². The fourth-order valence-corrected chi connectivity index (χ4v) is 5.31. The highest BCUT2D eigenvalue weighted by molar-refractivity contribution is 5.90. The van der Waals surface area contributed by atoms with Gasteiger partial charge in [0.1, 0.15) is 6.04 Å². The van der Waals surface area contributed by atoms with Gasteiger partial charge >= 0.3 is 0 Å². The molecule has 4 N–H and O–H groups in total. The van der Waals surface area contributed by atoms with Crippen molar-refractivity contribution in [3.8, 4) is 0 Å². The largest absolute Gasteiger partial charge is 0.344 e. The van der Waals surface area contributed by atoms with Crippen molar-refractivity contribution in [3.63, 3.8) is 0 Å². The molecule has 0 aromatic heterocycles. The lowest BCUT2D eigenvalue weighted by Crippen LogP contribution is -2.59. The molecule has 2 amide bonds. The zero-order chi connectivity index (χ0) is 15.2. The molecule has 1 atom stereocenters. The summed E-state index contributed by atoms with van der Waals surface area (Å²) in [7, 11) is 0. The van der Waals surface area contributed by atoms with Gasteiger partial charge in [-0.05, 0) is 62.2 Å². The first-order chi connectivity index (χ1) is 9.93. The van der Waals surface area contributed by atoms with Crippen molar-refractivity contribution in [2.75, 3.05) is 0 Å². The van der Waals surface area contributed by atoms with Crippen molar-refractivity contribution in [1.29, 1.82) is 0 Å². The number of hydrogen-bond donors (Lipinski definition) is 3. The molecule has 0 spiro atoms. The smallest absolute Gasteiger partial charge is 0.256 e. The van der Waals surface area contributed by atoms with Gasteiger partial charge in [-0.1, -0.05) is 13.8 Å². The Labute approximate surface area is 126 Å². The highest BCUT2D eigenvalue weighted by Crippen LogP contribution is 2.60. The lowest BCUT2D eigenvalue weighted by molar-refractivity contribution is -0.149. The Kier molecular flexibility index (Phi) is 3.72. The molecule has 0 aromatic rings. The molecule has 0 heterocycles.